The predicted molar refractivity (Wildman–Crippen MR) is 74.6 cm³/mol. The number of hydrogen-bond donors (Lipinski definition) is 1. The van der Waals surface area contributed by atoms with Gasteiger partial charge >= 0.3 is 0 Å². The summed E-state index contributed by atoms with van der Waals surface area (Å²) in [6.45, 7) is 7.35. The van der Waals surface area contributed by atoms with Crippen molar-refractivity contribution in [1.82, 2.24) is 9.88 Å². The molecule has 3 nitrogen and oxygen atoms in total. The van der Waals surface area contributed by atoms with Gasteiger partial charge in [0.2, 0.25) is 5.91 Å². The first kappa shape index (κ1) is 12.7. The molecule has 1 atom stereocenters. The number of hydrogen-bond acceptors (Lipinski definition) is 1. The number of nitrogens with one attached hydrogen (secondary N) is 1. The van der Waals surface area contributed by atoms with Gasteiger partial charge in [0, 0.05) is 43.0 Å². The molecule has 0 aliphatic carbocycles. The first-order valence-electron chi connectivity index (χ1n) is 6.45. The van der Waals surface area contributed by atoms with Crippen molar-refractivity contribution in [3.63, 3.8) is 0 Å². The van der Waals surface area contributed by atoms with Crippen molar-refractivity contribution in [3.8, 4) is 0 Å². The van der Waals surface area contributed by atoms with E-state index in [0.717, 1.165) is 18.6 Å². The summed E-state index contributed by atoms with van der Waals surface area (Å²) < 4.78 is 0. The monoisotopic (exact) mass is 244 g/mol. The van der Waals surface area contributed by atoms with Crippen molar-refractivity contribution >= 4 is 16.8 Å². The molecule has 0 bridgehead atoms. The molecule has 2 aromatic rings. The Hall–Kier alpha value is -1.77. The maximum atomic E-state index is 11.5. The summed E-state index contributed by atoms with van der Waals surface area (Å²) in [5.74, 6) is 0.481. The molecule has 3 heteroatoms. The van der Waals surface area contributed by atoms with E-state index in [2.05, 4.69) is 36.3 Å². The van der Waals surface area contributed by atoms with E-state index in [1.54, 1.807) is 6.92 Å². The fourth-order valence-corrected chi connectivity index (χ4v) is 2.41. The number of para-hydroxylation sites is 1. The summed E-state index contributed by atoms with van der Waals surface area (Å²) in [6.07, 6.45) is 2.06. The summed E-state index contributed by atoms with van der Waals surface area (Å²) in [6, 6.07) is 8.28. The van der Waals surface area contributed by atoms with Crippen molar-refractivity contribution in [2.45, 2.75) is 26.7 Å². The van der Waals surface area contributed by atoms with Crippen LogP contribution in [0, 0.1) is 0 Å². The first-order valence-corrected chi connectivity index (χ1v) is 6.45. The van der Waals surface area contributed by atoms with Gasteiger partial charge in [0.15, 0.2) is 0 Å². The second-order valence-corrected chi connectivity index (χ2v) is 4.75. The second kappa shape index (κ2) is 5.25. The Balaban J connectivity index is 2.23. The molecule has 0 radical (unpaired) electrons. The average Bonchev–Trinajstić information content (AvgIpc) is 2.79. The minimum Gasteiger partial charge on any atom is -0.361 e. The molecule has 0 fully saturated rings. The maximum Gasteiger partial charge on any atom is 0.219 e. The van der Waals surface area contributed by atoms with Crippen molar-refractivity contribution < 1.29 is 4.79 Å². The van der Waals surface area contributed by atoms with Gasteiger partial charge in [-0.05, 0) is 18.6 Å². The summed E-state index contributed by atoms with van der Waals surface area (Å²) in [5, 5.41) is 1.25. The van der Waals surface area contributed by atoms with Crippen LogP contribution in [0.3, 0.4) is 0 Å². The van der Waals surface area contributed by atoms with Gasteiger partial charge in [0.05, 0.1) is 0 Å². The maximum absolute atomic E-state index is 11.5. The summed E-state index contributed by atoms with van der Waals surface area (Å²) in [7, 11) is 0. The fourth-order valence-electron chi connectivity index (χ4n) is 2.41. The van der Waals surface area contributed by atoms with Gasteiger partial charge in [0.25, 0.3) is 0 Å². The molecule has 0 aliphatic heterocycles. The lowest BCUT2D eigenvalue weighted by Crippen LogP contribution is -2.31. The van der Waals surface area contributed by atoms with Crippen LogP contribution in [0.5, 0.6) is 0 Å². The van der Waals surface area contributed by atoms with E-state index < -0.39 is 0 Å². The third-order valence-electron chi connectivity index (χ3n) is 3.47. The zero-order valence-corrected chi connectivity index (χ0v) is 11.2. The first-order chi connectivity index (χ1) is 8.63. The van der Waals surface area contributed by atoms with Crippen LogP contribution >= 0.6 is 0 Å². The van der Waals surface area contributed by atoms with Crippen LogP contribution in [-0.2, 0) is 4.79 Å². The quantitative estimate of drug-likeness (QED) is 0.881. The molecule has 0 saturated carbocycles. The van der Waals surface area contributed by atoms with Crippen LogP contribution in [0.4, 0.5) is 0 Å². The third-order valence-corrected chi connectivity index (χ3v) is 3.47. The van der Waals surface area contributed by atoms with Crippen molar-refractivity contribution in [1.29, 1.82) is 0 Å². The van der Waals surface area contributed by atoms with Crippen molar-refractivity contribution in [3.05, 3.63) is 36.0 Å². The number of H-pyrrole nitrogens is 1. The van der Waals surface area contributed by atoms with Gasteiger partial charge in [-0.25, -0.2) is 0 Å². The number of amides is 1. The largest absolute Gasteiger partial charge is 0.361 e. The molecule has 0 spiro atoms. The number of rotatable bonds is 4. The molecule has 18 heavy (non-hydrogen) atoms. The number of carbonyl (C=O) groups excluding carboxylic acids is 1. The van der Waals surface area contributed by atoms with E-state index in [-0.39, 0.29) is 5.91 Å². The second-order valence-electron chi connectivity index (χ2n) is 4.75. The standard InChI is InChI=1S/C15H20N2O/c1-4-17(12(3)18)10-11(2)14-9-16-15-8-6-5-7-13(14)15/h5-9,11,16H,4,10H2,1-3H3. The Labute approximate surface area is 108 Å². The third kappa shape index (κ3) is 2.40. The Morgan fingerprint density at radius 3 is 2.78 bits per heavy atom. The lowest BCUT2D eigenvalue weighted by molar-refractivity contribution is -0.128. The number of aromatic amines is 1. The van der Waals surface area contributed by atoms with Crippen molar-refractivity contribution in [2.75, 3.05) is 13.1 Å². The van der Waals surface area contributed by atoms with Crippen molar-refractivity contribution in [2.24, 2.45) is 0 Å². The van der Waals surface area contributed by atoms with E-state index in [4.69, 9.17) is 0 Å². The van der Waals surface area contributed by atoms with E-state index in [1.807, 2.05) is 17.9 Å². The molecule has 1 aromatic carbocycles. The molecule has 1 heterocycles. The molecule has 1 aromatic heterocycles. The highest BCUT2D eigenvalue weighted by Crippen LogP contribution is 2.25. The topological polar surface area (TPSA) is 36.1 Å². The molecule has 1 amide bonds. The van der Waals surface area contributed by atoms with Gasteiger partial charge in [-0.2, -0.15) is 0 Å². The van der Waals surface area contributed by atoms with Crippen LogP contribution in [-0.4, -0.2) is 28.9 Å². The average molecular weight is 244 g/mol. The summed E-state index contributed by atoms with van der Waals surface area (Å²) in [5.41, 5.74) is 2.44. The van der Waals surface area contributed by atoms with Crippen LogP contribution < -0.4 is 0 Å². The van der Waals surface area contributed by atoms with Crippen LogP contribution in [0.1, 0.15) is 32.3 Å². The van der Waals surface area contributed by atoms with E-state index in [1.165, 1.54) is 10.9 Å². The molecule has 2 rings (SSSR count). The predicted octanol–water partition coefficient (Wildman–Crippen LogP) is 3.14. The number of aromatic nitrogens is 1. The normalized spacial score (nSPS) is 12.6. The number of fused-ring (bicyclic) bond motifs is 1. The molecule has 1 unspecified atom stereocenters. The van der Waals surface area contributed by atoms with Gasteiger partial charge in [-0.15, -0.1) is 0 Å². The highest BCUT2D eigenvalue weighted by Gasteiger charge is 2.15. The smallest absolute Gasteiger partial charge is 0.219 e. The molecule has 0 saturated heterocycles. The summed E-state index contributed by atoms with van der Waals surface area (Å²) in [4.78, 5) is 16.6. The molecular weight excluding hydrogens is 224 g/mol. The summed E-state index contributed by atoms with van der Waals surface area (Å²) >= 11 is 0. The minimum atomic E-state index is 0.143. The van der Waals surface area contributed by atoms with Gasteiger partial charge in [-0.1, -0.05) is 25.1 Å². The zero-order valence-electron chi connectivity index (χ0n) is 11.2. The van der Waals surface area contributed by atoms with Gasteiger partial charge in [-0.3, -0.25) is 4.79 Å². The Morgan fingerprint density at radius 1 is 1.39 bits per heavy atom. The minimum absolute atomic E-state index is 0.143. The lowest BCUT2D eigenvalue weighted by atomic mass is 10.00. The number of benzene rings is 1. The SMILES string of the molecule is CCN(CC(C)c1c[nH]c2ccccc12)C(C)=O. The number of carbonyl (C=O) groups is 1. The molecule has 1 N–H and O–H groups in total. The lowest BCUT2D eigenvalue weighted by Gasteiger charge is -2.23. The van der Waals surface area contributed by atoms with E-state index in [0.29, 0.717) is 5.92 Å². The Morgan fingerprint density at radius 2 is 2.11 bits per heavy atom. The van der Waals surface area contributed by atoms with Crippen LogP contribution in [0.15, 0.2) is 30.5 Å². The Kier molecular flexibility index (Phi) is 3.70. The number of likely N-dealkylation sites (N-methyl/N-ethyl adjacent to an activating group) is 1. The van der Waals surface area contributed by atoms with Gasteiger partial charge in [0.1, 0.15) is 0 Å². The van der Waals surface area contributed by atoms with Crippen LogP contribution in [0.2, 0.25) is 0 Å². The van der Waals surface area contributed by atoms with Gasteiger partial charge < -0.3 is 9.88 Å². The molecule has 96 valence electrons. The Bertz CT molecular complexity index is 544. The molecular formula is C15H20N2O. The van der Waals surface area contributed by atoms with E-state index in [9.17, 15) is 4.79 Å². The highest BCUT2D eigenvalue weighted by molar-refractivity contribution is 5.83. The van der Waals surface area contributed by atoms with Crippen LogP contribution in [0.25, 0.3) is 10.9 Å². The molecule has 0 aliphatic rings. The zero-order chi connectivity index (χ0) is 13.1. The van der Waals surface area contributed by atoms with E-state index >= 15 is 0 Å². The number of nitrogens with zero attached hydrogens (tertiary/aromatic N) is 1. The highest BCUT2D eigenvalue weighted by atomic mass is 16.2. The fraction of sp³-hybridized carbons (Fsp3) is 0.400.